The third-order valence-corrected chi connectivity index (χ3v) is 4.54. The van der Waals surface area contributed by atoms with Gasteiger partial charge in [0.15, 0.2) is 15.7 Å². The lowest BCUT2D eigenvalue weighted by molar-refractivity contribution is 0.371. The molecular weight excluding hydrogens is 321 g/mol. The molecule has 0 aliphatic carbocycles. The first kappa shape index (κ1) is 15.9. The van der Waals surface area contributed by atoms with E-state index in [0.717, 1.165) is 42.5 Å². The molecule has 1 aliphatic rings. The van der Waals surface area contributed by atoms with Crippen molar-refractivity contribution in [3.63, 3.8) is 0 Å². The van der Waals surface area contributed by atoms with Crippen LogP contribution in [-0.2, 0) is 28.6 Å². The molecule has 0 unspecified atom stereocenters. The number of sulfone groups is 1. The van der Waals surface area contributed by atoms with Crippen LogP contribution in [0, 0.1) is 12.7 Å². The van der Waals surface area contributed by atoms with Crippen molar-refractivity contribution in [2.24, 2.45) is 0 Å². The summed E-state index contributed by atoms with van der Waals surface area (Å²) >= 11 is 0. The van der Waals surface area contributed by atoms with Gasteiger partial charge in [0.2, 0.25) is 5.89 Å². The first-order valence-corrected chi connectivity index (χ1v) is 9.41. The van der Waals surface area contributed by atoms with Gasteiger partial charge in [0, 0.05) is 18.5 Å². The van der Waals surface area contributed by atoms with Crippen LogP contribution in [0.5, 0.6) is 0 Å². The lowest BCUT2D eigenvalue weighted by Crippen LogP contribution is -2.30. The van der Waals surface area contributed by atoms with Crippen molar-refractivity contribution in [3.8, 4) is 0 Å². The van der Waals surface area contributed by atoms with Gasteiger partial charge < -0.3 is 9.42 Å². The number of rotatable bonds is 4. The fraction of sp³-hybridized carbons (Fsp3) is 0.467. The number of aromatic nitrogens is 2. The highest BCUT2D eigenvalue weighted by atomic mass is 32.2. The summed E-state index contributed by atoms with van der Waals surface area (Å²) in [6.07, 6.45) is 2.88. The van der Waals surface area contributed by atoms with Crippen molar-refractivity contribution in [2.75, 3.05) is 17.7 Å². The van der Waals surface area contributed by atoms with Gasteiger partial charge in [-0.05, 0) is 43.0 Å². The minimum Gasteiger partial charge on any atom is -0.362 e. The molecule has 124 valence electrons. The van der Waals surface area contributed by atoms with Gasteiger partial charge in [0.1, 0.15) is 11.6 Å². The van der Waals surface area contributed by atoms with Crippen LogP contribution in [0.15, 0.2) is 16.7 Å². The van der Waals surface area contributed by atoms with Gasteiger partial charge in [-0.3, -0.25) is 0 Å². The van der Waals surface area contributed by atoms with E-state index < -0.39 is 9.84 Å². The summed E-state index contributed by atoms with van der Waals surface area (Å²) in [4.78, 5) is 6.21. The summed E-state index contributed by atoms with van der Waals surface area (Å²) < 4.78 is 41.2. The van der Waals surface area contributed by atoms with E-state index in [1.807, 2.05) is 6.92 Å². The van der Waals surface area contributed by atoms with E-state index in [2.05, 4.69) is 15.0 Å². The standard InChI is InChI=1S/C15H18FN3O3S/c1-10-6-12(16)7-11-4-3-5-19(15(10)11)8-14-17-13(18-22-14)9-23(2,20)21/h6-7H,3-5,8-9H2,1-2H3. The summed E-state index contributed by atoms with van der Waals surface area (Å²) in [5.74, 6) is 0.0595. The van der Waals surface area contributed by atoms with Crippen molar-refractivity contribution < 1.29 is 17.3 Å². The first-order chi connectivity index (χ1) is 10.8. The van der Waals surface area contributed by atoms with Crippen LogP contribution in [0.1, 0.15) is 29.3 Å². The van der Waals surface area contributed by atoms with Gasteiger partial charge in [-0.2, -0.15) is 4.98 Å². The number of hydrogen-bond acceptors (Lipinski definition) is 6. The minimum absolute atomic E-state index is 0.163. The number of benzene rings is 1. The maximum absolute atomic E-state index is 13.6. The number of anilines is 1. The van der Waals surface area contributed by atoms with Crippen LogP contribution >= 0.6 is 0 Å². The Kier molecular flexibility index (Phi) is 4.09. The molecule has 0 radical (unpaired) electrons. The number of hydrogen-bond donors (Lipinski definition) is 0. The monoisotopic (exact) mass is 339 g/mol. The lowest BCUT2D eigenvalue weighted by Gasteiger charge is -2.31. The fourth-order valence-corrected chi connectivity index (χ4v) is 3.58. The SMILES string of the molecule is Cc1cc(F)cc2c1N(Cc1nc(CS(C)(=O)=O)no1)CCC2. The van der Waals surface area contributed by atoms with Gasteiger partial charge in [-0.1, -0.05) is 5.16 Å². The summed E-state index contributed by atoms with van der Waals surface area (Å²) in [5.41, 5.74) is 2.85. The Morgan fingerprint density at radius 2 is 2.17 bits per heavy atom. The maximum atomic E-state index is 13.6. The van der Waals surface area contributed by atoms with Gasteiger partial charge in [0.05, 0.1) is 6.54 Å². The maximum Gasteiger partial charge on any atom is 0.246 e. The van der Waals surface area contributed by atoms with Gasteiger partial charge in [0.25, 0.3) is 0 Å². The zero-order chi connectivity index (χ0) is 16.6. The topological polar surface area (TPSA) is 76.3 Å². The number of aryl methyl sites for hydroxylation is 2. The average molecular weight is 339 g/mol. The Labute approximate surface area is 134 Å². The van der Waals surface area contributed by atoms with Crippen molar-refractivity contribution in [1.29, 1.82) is 0 Å². The molecule has 0 spiro atoms. The molecule has 1 aromatic carbocycles. The Morgan fingerprint density at radius 3 is 2.91 bits per heavy atom. The summed E-state index contributed by atoms with van der Waals surface area (Å²) in [5, 5.41) is 3.71. The molecule has 0 N–H and O–H groups in total. The molecule has 3 rings (SSSR count). The fourth-order valence-electron chi connectivity index (χ4n) is 2.99. The molecule has 6 nitrogen and oxygen atoms in total. The lowest BCUT2D eigenvalue weighted by atomic mass is 9.98. The molecule has 2 heterocycles. The molecule has 0 saturated heterocycles. The van der Waals surface area contributed by atoms with E-state index >= 15 is 0 Å². The van der Waals surface area contributed by atoms with E-state index in [0.29, 0.717) is 12.4 Å². The van der Waals surface area contributed by atoms with Crippen LogP contribution in [0.25, 0.3) is 0 Å². The second-order valence-corrected chi connectivity index (χ2v) is 8.07. The van der Waals surface area contributed by atoms with Crippen molar-refractivity contribution in [3.05, 3.63) is 40.8 Å². The zero-order valence-electron chi connectivity index (χ0n) is 13.0. The minimum atomic E-state index is -3.20. The summed E-state index contributed by atoms with van der Waals surface area (Å²) in [6.45, 7) is 3.07. The van der Waals surface area contributed by atoms with Gasteiger partial charge in [-0.25, -0.2) is 12.8 Å². The van der Waals surface area contributed by atoms with E-state index in [1.165, 1.54) is 6.07 Å². The quantitative estimate of drug-likeness (QED) is 0.848. The predicted octanol–water partition coefficient (Wildman–Crippen LogP) is 2.01. The molecule has 0 saturated carbocycles. The molecule has 0 atom stereocenters. The smallest absolute Gasteiger partial charge is 0.246 e. The van der Waals surface area contributed by atoms with Crippen LogP contribution in [0.2, 0.25) is 0 Å². The third-order valence-electron chi connectivity index (χ3n) is 3.76. The second-order valence-electron chi connectivity index (χ2n) is 5.93. The highest BCUT2D eigenvalue weighted by Crippen LogP contribution is 2.32. The Balaban J connectivity index is 1.83. The molecule has 8 heteroatoms. The summed E-state index contributed by atoms with van der Waals surface area (Å²) in [7, 11) is -3.20. The molecule has 2 aromatic rings. The zero-order valence-corrected chi connectivity index (χ0v) is 13.9. The van der Waals surface area contributed by atoms with Gasteiger partial charge >= 0.3 is 0 Å². The first-order valence-electron chi connectivity index (χ1n) is 7.35. The Hall–Kier alpha value is -1.96. The van der Waals surface area contributed by atoms with Crippen LogP contribution < -0.4 is 4.90 Å². The average Bonchev–Trinajstić information content (AvgIpc) is 2.83. The molecule has 1 aliphatic heterocycles. The number of nitrogens with zero attached hydrogens (tertiary/aromatic N) is 3. The van der Waals surface area contributed by atoms with Crippen LogP contribution in [0.4, 0.5) is 10.1 Å². The largest absolute Gasteiger partial charge is 0.362 e. The molecule has 1 aromatic heterocycles. The van der Waals surface area contributed by atoms with E-state index in [9.17, 15) is 12.8 Å². The Bertz CT molecular complexity index is 832. The molecule has 0 bridgehead atoms. The van der Waals surface area contributed by atoms with Crippen molar-refractivity contribution >= 4 is 15.5 Å². The highest BCUT2D eigenvalue weighted by Gasteiger charge is 2.22. The van der Waals surface area contributed by atoms with E-state index in [-0.39, 0.29) is 17.4 Å². The highest BCUT2D eigenvalue weighted by molar-refractivity contribution is 7.89. The molecule has 23 heavy (non-hydrogen) atoms. The predicted molar refractivity (Wildman–Crippen MR) is 83.4 cm³/mol. The molecular formula is C15H18FN3O3S. The summed E-state index contributed by atoms with van der Waals surface area (Å²) in [6, 6.07) is 3.08. The van der Waals surface area contributed by atoms with Gasteiger partial charge in [-0.15, -0.1) is 0 Å². The van der Waals surface area contributed by atoms with Crippen molar-refractivity contribution in [1.82, 2.24) is 10.1 Å². The third kappa shape index (κ3) is 3.69. The Morgan fingerprint density at radius 1 is 1.39 bits per heavy atom. The number of fused-ring (bicyclic) bond motifs is 1. The van der Waals surface area contributed by atoms with Crippen LogP contribution in [0.3, 0.4) is 0 Å². The van der Waals surface area contributed by atoms with E-state index in [4.69, 9.17) is 4.52 Å². The van der Waals surface area contributed by atoms with E-state index in [1.54, 1.807) is 6.07 Å². The second kappa shape index (κ2) is 5.92. The molecule has 0 fully saturated rings. The normalized spacial score (nSPS) is 14.8. The molecule has 0 amide bonds. The van der Waals surface area contributed by atoms with Crippen LogP contribution in [-0.4, -0.2) is 31.4 Å². The van der Waals surface area contributed by atoms with Crippen molar-refractivity contribution in [2.45, 2.75) is 32.1 Å². The number of halogens is 1.